The third-order valence-corrected chi connectivity index (χ3v) is 8.56. The quantitative estimate of drug-likeness (QED) is 0.214. The van der Waals surface area contributed by atoms with E-state index in [4.69, 9.17) is 9.97 Å². The Labute approximate surface area is 224 Å². The Morgan fingerprint density at radius 2 is 1.84 bits per heavy atom. The van der Waals surface area contributed by atoms with Crippen molar-refractivity contribution in [2.45, 2.75) is 39.2 Å². The fourth-order valence-electron chi connectivity index (χ4n) is 5.58. The maximum atomic E-state index is 4.72. The van der Waals surface area contributed by atoms with Crippen LogP contribution < -0.4 is 5.32 Å². The summed E-state index contributed by atoms with van der Waals surface area (Å²) < 4.78 is 0. The smallest absolute Gasteiger partial charge is 0.116 e. The zero-order valence-electron chi connectivity index (χ0n) is 21.3. The van der Waals surface area contributed by atoms with E-state index in [0.717, 1.165) is 69.2 Å². The highest BCUT2D eigenvalue weighted by molar-refractivity contribution is 7.15. The summed E-state index contributed by atoms with van der Waals surface area (Å²) in [7, 11) is 0. The standard InChI is InChI=1S/C30H29N7S/c1-18-6-7-28(38-18)30-22-12-26(35-24(22)8-9-33-30)29-23-11-25(34-17-27(23)36-37-29)21-10-20(15-32-16-21)14-31-13-19-4-2-3-5-19/h6-12,15-17,19,31,35H,2-5,13-14H2,1H3,(H,36,37). The van der Waals surface area contributed by atoms with Gasteiger partial charge in [-0.15, -0.1) is 11.3 Å². The number of fused-ring (bicyclic) bond motifs is 2. The number of pyridine rings is 3. The van der Waals surface area contributed by atoms with Crippen LogP contribution in [-0.2, 0) is 6.54 Å². The molecule has 1 fully saturated rings. The van der Waals surface area contributed by atoms with Gasteiger partial charge in [0.15, 0.2) is 0 Å². The van der Waals surface area contributed by atoms with E-state index in [9.17, 15) is 0 Å². The van der Waals surface area contributed by atoms with Gasteiger partial charge in [-0.05, 0) is 74.2 Å². The number of aryl methyl sites for hydroxylation is 1. The van der Waals surface area contributed by atoms with Gasteiger partial charge in [-0.3, -0.25) is 20.1 Å². The van der Waals surface area contributed by atoms with Gasteiger partial charge in [-0.25, -0.2) is 0 Å². The van der Waals surface area contributed by atoms with Crippen LogP contribution in [0.25, 0.3) is 55.0 Å². The second kappa shape index (κ2) is 9.78. The first-order valence-electron chi connectivity index (χ1n) is 13.3. The molecule has 38 heavy (non-hydrogen) atoms. The summed E-state index contributed by atoms with van der Waals surface area (Å²) in [4.78, 5) is 19.9. The van der Waals surface area contributed by atoms with Crippen LogP contribution in [0.15, 0.2) is 61.2 Å². The van der Waals surface area contributed by atoms with Crippen LogP contribution >= 0.6 is 11.3 Å². The normalized spacial score (nSPS) is 14.2. The molecule has 6 heterocycles. The molecule has 8 heteroatoms. The van der Waals surface area contributed by atoms with Crippen LogP contribution in [0.2, 0.25) is 0 Å². The van der Waals surface area contributed by atoms with Crippen LogP contribution in [0.5, 0.6) is 0 Å². The summed E-state index contributed by atoms with van der Waals surface area (Å²) in [5.74, 6) is 0.820. The maximum absolute atomic E-state index is 4.72. The summed E-state index contributed by atoms with van der Waals surface area (Å²) in [5.41, 5.74) is 7.84. The first kappa shape index (κ1) is 23.3. The van der Waals surface area contributed by atoms with Gasteiger partial charge in [0.2, 0.25) is 0 Å². The molecule has 0 spiro atoms. The number of hydrogen-bond donors (Lipinski definition) is 3. The lowest BCUT2D eigenvalue weighted by Crippen LogP contribution is -2.20. The van der Waals surface area contributed by atoms with Gasteiger partial charge in [0.25, 0.3) is 0 Å². The molecule has 1 saturated carbocycles. The third kappa shape index (κ3) is 4.40. The summed E-state index contributed by atoms with van der Waals surface area (Å²) >= 11 is 1.76. The van der Waals surface area contributed by atoms with Gasteiger partial charge in [-0.2, -0.15) is 5.10 Å². The van der Waals surface area contributed by atoms with Crippen molar-refractivity contribution < 1.29 is 0 Å². The van der Waals surface area contributed by atoms with Crippen LogP contribution in [0.4, 0.5) is 0 Å². The maximum Gasteiger partial charge on any atom is 0.116 e. The molecule has 7 rings (SSSR count). The topological polar surface area (TPSA) is 95.2 Å². The number of hydrogen-bond acceptors (Lipinski definition) is 6. The largest absolute Gasteiger partial charge is 0.353 e. The van der Waals surface area contributed by atoms with Gasteiger partial charge in [0, 0.05) is 51.9 Å². The molecule has 0 saturated heterocycles. The van der Waals surface area contributed by atoms with Crippen LogP contribution in [0.1, 0.15) is 36.1 Å². The van der Waals surface area contributed by atoms with Gasteiger partial charge >= 0.3 is 0 Å². The molecular formula is C30H29N7S. The summed E-state index contributed by atoms with van der Waals surface area (Å²) in [6.07, 6.45) is 13.0. The van der Waals surface area contributed by atoms with Crippen molar-refractivity contribution in [3.8, 4) is 33.2 Å². The van der Waals surface area contributed by atoms with Gasteiger partial charge < -0.3 is 10.3 Å². The summed E-state index contributed by atoms with van der Waals surface area (Å²) in [5, 5.41) is 13.6. The highest BCUT2D eigenvalue weighted by Crippen LogP contribution is 2.36. The van der Waals surface area contributed by atoms with Gasteiger partial charge in [0.1, 0.15) is 5.69 Å². The van der Waals surface area contributed by atoms with E-state index in [1.54, 1.807) is 11.3 Å². The molecule has 190 valence electrons. The highest BCUT2D eigenvalue weighted by Gasteiger charge is 2.17. The van der Waals surface area contributed by atoms with Gasteiger partial charge in [0.05, 0.1) is 33.7 Å². The van der Waals surface area contributed by atoms with Crippen LogP contribution in [0.3, 0.4) is 0 Å². The molecule has 6 aromatic heterocycles. The predicted molar refractivity (Wildman–Crippen MR) is 154 cm³/mol. The molecule has 0 aromatic carbocycles. The fraction of sp³-hybridized carbons (Fsp3) is 0.267. The lowest BCUT2D eigenvalue weighted by molar-refractivity contribution is 0.489. The zero-order chi connectivity index (χ0) is 25.5. The van der Waals surface area contributed by atoms with Crippen molar-refractivity contribution in [2.24, 2.45) is 5.92 Å². The number of aromatic nitrogens is 6. The van der Waals surface area contributed by atoms with Gasteiger partial charge in [-0.1, -0.05) is 12.8 Å². The SMILES string of the molecule is Cc1ccc(-c2nccc3[nH]c(-c4n[nH]c5cnc(-c6cncc(CNCC7CCCC7)c6)cc45)cc23)s1. The molecular weight excluding hydrogens is 490 g/mol. The predicted octanol–water partition coefficient (Wildman–Crippen LogP) is 6.88. The highest BCUT2D eigenvalue weighted by atomic mass is 32.1. The van der Waals surface area contributed by atoms with E-state index in [-0.39, 0.29) is 0 Å². The minimum Gasteiger partial charge on any atom is -0.353 e. The zero-order valence-corrected chi connectivity index (χ0v) is 22.1. The Hall–Kier alpha value is -3.88. The van der Waals surface area contributed by atoms with Crippen molar-refractivity contribution in [1.29, 1.82) is 0 Å². The first-order chi connectivity index (χ1) is 18.7. The Balaban J connectivity index is 1.20. The number of thiophene rings is 1. The van der Waals surface area contributed by atoms with Crippen molar-refractivity contribution in [1.82, 2.24) is 35.5 Å². The third-order valence-electron chi connectivity index (χ3n) is 7.55. The average molecular weight is 520 g/mol. The van der Waals surface area contributed by atoms with E-state index in [0.29, 0.717) is 0 Å². The first-order valence-corrected chi connectivity index (χ1v) is 14.1. The molecule has 0 unspecified atom stereocenters. The molecule has 3 N–H and O–H groups in total. The molecule has 0 radical (unpaired) electrons. The molecule has 0 aliphatic heterocycles. The molecule has 1 aliphatic rings. The second-order valence-electron chi connectivity index (χ2n) is 10.3. The molecule has 0 amide bonds. The van der Waals surface area contributed by atoms with Crippen LogP contribution in [-0.4, -0.2) is 36.7 Å². The minimum atomic E-state index is 0.820. The minimum absolute atomic E-state index is 0.820. The van der Waals surface area contributed by atoms with E-state index in [1.165, 1.54) is 41.0 Å². The summed E-state index contributed by atoms with van der Waals surface area (Å²) in [6, 6.07) is 12.7. The Morgan fingerprint density at radius 1 is 0.947 bits per heavy atom. The van der Waals surface area contributed by atoms with Crippen LogP contribution in [0, 0.1) is 12.8 Å². The number of H-pyrrole nitrogens is 2. The lowest BCUT2D eigenvalue weighted by Gasteiger charge is -2.11. The second-order valence-corrected chi connectivity index (χ2v) is 11.6. The molecule has 0 bridgehead atoms. The number of rotatable bonds is 7. The lowest BCUT2D eigenvalue weighted by atomic mass is 10.1. The Bertz CT molecular complexity index is 1740. The fourth-order valence-corrected chi connectivity index (χ4v) is 6.46. The number of nitrogens with one attached hydrogen (secondary N) is 3. The molecule has 7 nitrogen and oxygen atoms in total. The number of nitrogens with zero attached hydrogens (tertiary/aromatic N) is 4. The van der Waals surface area contributed by atoms with Crippen molar-refractivity contribution in [3.63, 3.8) is 0 Å². The Kier molecular flexibility index (Phi) is 5.98. The van der Waals surface area contributed by atoms with E-state index in [2.05, 4.69) is 62.7 Å². The van der Waals surface area contributed by atoms with Crippen molar-refractivity contribution in [2.75, 3.05) is 6.54 Å². The van der Waals surface area contributed by atoms with E-state index in [1.807, 2.05) is 30.9 Å². The molecule has 6 aromatic rings. The number of aromatic amines is 2. The molecule has 1 aliphatic carbocycles. The van der Waals surface area contributed by atoms with Crippen molar-refractivity contribution >= 4 is 33.1 Å². The van der Waals surface area contributed by atoms with E-state index >= 15 is 0 Å². The summed E-state index contributed by atoms with van der Waals surface area (Å²) in [6.45, 7) is 4.03. The molecule has 0 atom stereocenters. The Morgan fingerprint density at radius 3 is 2.71 bits per heavy atom. The van der Waals surface area contributed by atoms with Crippen molar-refractivity contribution in [3.05, 3.63) is 71.6 Å². The average Bonchev–Trinajstić information content (AvgIpc) is 3.74. The monoisotopic (exact) mass is 519 g/mol. The van der Waals surface area contributed by atoms with E-state index < -0.39 is 0 Å².